The zero-order chi connectivity index (χ0) is 17.1. The molecule has 1 aromatic heterocycles. The highest BCUT2D eigenvalue weighted by molar-refractivity contribution is 5.95. The van der Waals surface area contributed by atoms with E-state index in [1.54, 1.807) is 19.4 Å². The Morgan fingerprint density at radius 2 is 2.12 bits per heavy atom. The van der Waals surface area contributed by atoms with Gasteiger partial charge >= 0.3 is 0 Å². The zero-order valence-corrected chi connectivity index (χ0v) is 13.0. The number of benzene rings is 2. The van der Waals surface area contributed by atoms with Gasteiger partial charge in [-0.3, -0.25) is 9.78 Å². The summed E-state index contributed by atoms with van der Waals surface area (Å²) < 4.78 is 13.5. The molecule has 0 saturated heterocycles. The molecule has 0 unspecified atom stereocenters. The van der Waals surface area contributed by atoms with Crippen molar-refractivity contribution in [2.24, 2.45) is 0 Å². The highest BCUT2D eigenvalue weighted by Crippen LogP contribution is 2.20. The lowest BCUT2D eigenvalue weighted by molar-refractivity contribution is 0.0785. The SMILES string of the molecule is CN(Cc1cccc2cnccc12)C(=O)c1cc(F)cc(C#N)c1. The molecular formula is C19H14FN3O. The summed E-state index contributed by atoms with van der Waals surface area (Å²) in [6, 6.07) is 13.2. The molecule has 0 spiro atoms. The number of rotatable bonds is 3. The van der Waals surface area contributed by atoms with Gasteiger partial charge in [0.15, 0.2) is 0 Å². The van der Waals surface area contributed by atoms with Crippen molar-refractivity contribution >= 4 is 16.7 Å². The number of pyridine rings is 1. The molecule has 3 rings (SSSR count). The van der Waals surface area contributed by atoms with Gasteiger partial charge in [-0.15, -0.1) is 0 Å². The maximum Gasteiger partial charge on any atom is 0.254 e. The molecule has 0 atom stereocenters. The van der Waals surface area contributed by atoms with Gasteiger partial charge in [-0.2, -0.15) is 5.26 Å². The van der Waals surface area contributed by atoms with Crippen molar-refractivity contribution in [3.05, 3.63) is 77.4 Å². The van der Waals surface area contributed by atoms with Crippen LogP contribution in [-0.2, 0) is 6.54 Å². The van der Waals surface area contributed by atoms with Crippen molar-refractivity contribution in [2.45, 2.75) is 6.54 Å². The van der Waals surface area contributed by atoms with Crippen molar-refractivity contribution in [1.82, 2.24) is 9.88 Å². The lowest BCUT2D eigenvalue weighted by Gasteiger charge is -2.18. The number of carbonyl (C=O) groups excluding carboxylic acids is 1. The molecule has 0 N–H and O–H groups in total. The normalized spacial score (nSPS) is 10.4. The molecule has 118 valence electrons. The molecule has 0 fully saturated rings. The van der Waals surface area contributed by atoms with Crippen LogP contribution in [0.4, 0.5) is 4.39 Å². The highest BCUT2D eigenvalue weighted by Gasteiger charge is 2.15. The summed E-state index contributed by atoms with van der Waals surface area (Å²) >= 11 is 0. The first-order valence-electron chi connectivity index (χ1n) is 7.36. The van der Waals surface area contributed by atoms with E-state index in [-0.39, 0.29) is 17.0 Å². The Kier molecular flexibility index (Phi) is 4.21. The van der Waals surface area contributed by atoms with Crippen molar-refractivity contribution in [3.63, 3.8) is 0 Å². The first kappa shape index (κ1) is 15.6. The molecule has 3 aromatic rings. The van der Waals surface area contributed by atoms with Gasteiger partial charge in [0.05, 0.1) is 11.6 Å². The number of nitriles is 1. The van der Waals surface area contributed by atoms with Crippen LogP contribution in [0, 0.1) is 17.1 Å². The third kappa shape index (κ3) is 3.08. The number of amides is 1. The van der Waals surface area contributed by atoms with Crippen LogP contribution in [0.1, 0.15) is 21.5 Å². The van der Waals surface area contributed by atoms with Crippen molar-refractivity contribution < 1.29 is 9.18 Å². The van der Waals surface area contributed by atoms with E-state index in [0.717, 1.165) is 28.5 Å². The summed E-state index contributed by atoms with van der Waals surface area (Å²) in [4.78, 5) is 18.1. The number of fused-ring (bicyclic) bond motifs is 1. The van der Waals surface area contributed by atoms with Gasteiger partial charge in [0, 0.05) is 36.9 Å². The third-order valence-electron chi connectivity index (χ3n) is 3.80. The minimum absolute atomic E-state index is 0.128. The number of carbonyl (C=O) groups is 1. The van der Waals surface area contributed by atoms with Crippen LogP contribution in [0.3, 0.4) is 0 Å². The van der Waals surface area contributed by atoms with Crippen LogP contribution in [0.5, 0.6) is 0 Å². The molecular weight excluding hydrogens is 305 g/mol. The van der Waals surface area contributed by atoms with Crippen LogP contribution in [0.2, 0.25) is 0 Å². The van der Waals surface area contributed by atoms with E-state index in [0.29, 0.717) is 6.54 Å². The molecule has 24 heavy (non-hydrogen) atoms. The molecule has 0 aliphatic heterocycles. The van der Waals surface area contributed by atoms with E-state index in [2.05, 4.69) is 4.98 Å². The van der Waals surface area contributed by atoms with Gasteiger partial charge in [-0.1, -0.05) is 18.2 Å². The number of hydrogen-bond acceptors (Lipinski definition) is 3. The zero-order valence-electron chi connectivity index (χ0n) is 13.0. The fraction of sp³-hybridized carbons (Fsp3) is 0.105. The van der Waals surface area contributed by atoms with E-state index >= 15 is 0 Å². The Balaban J connectivity index is 1.89. The van der Waals surface area contributed by atoms with E-state index in [1.165, 1.54) is 11.0 Å². The van der Waals surface area contributed by atoms with Crippen LogP contribution in [-0.4, -0.2) is 22.8 Å². The van der Waals surface area contributed by atoms with Crippen molar-refractivity contribution in [3.8, 4) is 6.07 Å². The van der Waals surface area contributed by atoms with Crippen LogP contribution >= 0.6 is 0 Å². The van der Waals surface area contributed by atoms with Crippen LogP contribution < -0.4 is 0 Å². The summed E-state index contributed by atoms with van der Waals surface area (Å²) in [7, 11) is 1.65. The number of halogens is 1. The molecule has 1 heterocycles. The number of hydrogen-bond donors (Lipinski definition) is 0. The minimum atomic E-state index is -0.595. The van der Waals surface area contributed by atoms with E-state index in [9.17, 15) is 9.18 Å². The molecule has 0 radical (unpaired) electrons. The first-order valence-corrected chi connectivity index (χ1v) is 7.36. The molecule has 1 amide bonds. The molecule has 4 nitrogen and oxygen atoms in total. The summed E-state index contributed by atoms with van der Waals surface area (Å²) in [6.45, 7) is 0.374. The topological polar surface area (TPSA) is 57.0 Å². The molecule has 0 bridgehead atoms. The van der Waals surface area contributed by atoms with Crippen molar-refractivity contribution in [1.29, 1.82) is 5.26 Å². The van der Waals surface area contributed by atoms with Gasteiger partial charge in [-0.25, -0.2) is 4.39 Å². The Labute approximate surface area is 138 Å². The quantitative estimate of drug-likeness (QED) is 0.742. The summed E-state index contributed by atoms with van der Waals surface area (Å²) in [6.07, 6.45) is 3.48. The van der Waals surface area contributed by atoms with Crippen molar-refractivity contribution in [2.75, 3.05) is 7.05 Å². The number of nitrogens with zero attached hydrogens (tertiary/aromatic N) is 3. The van der Waals surface area contributed by atoms with E-state index < -0.39 is 5.82 Å². The van der Waals surface area contributed by atoms with E-state index in [1.807, 2.05) is 30.3 Å². The second-order valence-corrected chi connectivity index (χ2v) is 5.52. The summed E-state index contributed by atoms with van der Waals surface area (Å²) in [5.74, 6) is -0.931. The monoisotopic (exact) mass is 319 g/mol. The Hall–Kier alpha value is -3.26. The molecule has 0 aliphatic rings. The second kappa shape index (κ2) is 6.47. The van der Waals surface area contributed by atoms with Crippen LogP contribution in [0.25, 0.3) is 10.8 Å². The fourth-order valence-electron chi connectivity index (χ4n) is 2.65. The Bertz CT molecular complexity index is 957. The predicted molar refractivity (Wildman–Crippen MR) is 88.7 cm³/mol. The van der Waals surface area contributed by atoms with E-state index in [4.69, 9.17) is 5.26 Å². The highest BCUT2D eigenvalue weighted by atomic mass is 19.1. The average molecular weight is 319 g/mol. The minimum Gasteiger partial charge on any atom is -0.337 e. The average Bonchev–Trinajstić information content (AvgIpc) is 2.60. The Morgan fingerprint density at radius 3 is 2.92 bits per heavy atom. The maximum atomic E-state index is 13.5. The van der Waals surface area contributed by atoms with Gasteiger partial charge in [0.2, 0.25) is 0 Å². The molecule has 0 saturated carbocycles. The summed E-state index contributed by atoms with van der Waals surface area (Å²) in [5.41, 5.74) is 1.27. The van der Waals surface area contributed by atoms with Gasteiger partial charge in [0.1, 0.15) is 5.82 Å². The molecule has 0 aliphatic carbocycles. The largest absolute Gasteiger partial charge is 0.337 e. The second-order valence-electron chi connectivity index (χ2n) is 5.52. The van der Waals surface area contributed by atoms with Gasteiger partial charge in [0.25, 0.3) is 5.91 Å². The summed E-state index contributed by atoms with van der Waals surface area (Å²) in [5, 5.41) is 10.9. The third-order valence-corrected chi connectivity index (χ3v) is 3.80. The van der Waals surface area contributed by atoms with Gasteiger partial charge < -0.3 is 4.90 Å². The smallest absolute Gasteiger partial charge is 0.254 e. The fourth-order valence-corrected chi connectivity index (χ4v) is 2.65. The predicted octanol–water partition coefficient (Wildman–Crippen LogP) is 3.52. The van der Waals surface area contributed by atoms with Gasteiger partial charge in [-0.05, 0) is 35.2 Å². The first-order chi connectivity index (χ1) is 11.6. The molecule has 2 aromatic carbocycles. The lowest BCUT2D eigenvalue weighted by Crippen LogP contribution is -2.26. The lowest BCUT2D eigenvalue weighted by atomic mass is 10.1. The number of aromatic nitrogens is 1. The molecule has 5 heteroatoms. The van der Waals surface area contributed by atoms with Crippen LogP contribution in [0.15, 0.2) is 54.9 Å². The standard InChI is InChI=1S/C19H14FN3O/c1-23(19(24)16-7-13(10-21)8-17(20)9-16)12-15-4-2-3-14-11-22-6-5-18(14)15/h2-9,11H,12H2,1H3. The maximum absolute atomic E-state index is 13.5. The Morgan fingerprint density at radius 1 is 1.29 bits per heavy atom.